The van der Waals surface area contributed by atoms with E-state index in [1.807, 2.05) is 24.3 Å². The third-order valence-electron chi connectivity index (χ3n) is 4.07. The standard InChI is InChI=1S/C15H18BrN3O2/c1-10-5-6-19(13(10)9-20)8-14-17-15(18-21-14)11-3-2-4-12(16)7-11/h2-4,7,10,13,20H,5-6,8-9H2,1H3. The molecule has 6 heteroatoms. The van der Waals surface area contributed by atoms with E-state index in [-0.39, 0.29) is 12.6 Å². The van der Waals surface area contributed by atoms with Gasteiger partial charge in [0.1, 0.15) is 0 Å². The molecular formula is C15H18BrN3O2. The predicted molar refractivity (Wildman–Crippen MR) is 82.5 cm³/mol. The van der Waals surface area contributed by atoms with Crippen molar-refractivity contribution < 1.29 is 9.63 Å². The van der Waals surface area contributed by atoms with E-state index < -0.39 is 0 Å². The molecule has 0 saturated carbocycles. The maximum Gasteiger partial charge on any atom is 0.241 e. The van der Waals surface area contributed by atoms with Crippen LogP contribution in [-0.2, 0) is 6.54 Å². The van der Waals surface area contributed by atoms with Gasteiger partial charge in [0.15, 0.2) is 0 Å². The van der Waals surface area contributed by atoms with Crippen molar-refractivity contribution >= 4 is 15.9 Å². The van der Waals surface area contributed by atoms with Crippen LogP contribution in [0.2, 0.25) is 0 Å². The number of aromatic nitrogens is 2. The summed E-state index contributed by atoms with van der Waals surface area (Å²) in [5.41, 5.74) is 0.924. The van der Waals surface area contributed by atoms with Gasteiger partial charge < -0.3 is 9.63 Å². The zero-order valence-electron chi connectivity index (χ0n) is 11.9. The lowest BCUT2D eigenvalue weighted by atomic mass is 10.0. The topological polar surface area (TPSA) is 62.4 Å². The SMILES string of the molecule is CC1CCN(Cc2nc(-c3cccc(Br)c3)no2)C1CO. The summed E-state index contributed by atoms with van der Waals surface area (Å²) in [7, 11) is 0. The van der Waals surface area contributed by atoms with Crippen LogP contribution >= 0.6 is 15.9 Å². The normalized spacial score (nSPS) is 22.8. The molecule has 21 heavy (non-hydrogen) atoms. The number of nitrogens with zero attached hydrogens (tertiary/aromatic N) is 3. The molecule has 0 spiro atoms. The molecule has 1 aliphatic heterocycles. The summed E-state index contributed by atoms with van der Waals surface area (Å²) < 4.78 is 6.34. The molecular weight excluding hydrogens is 334 g/mol. The van der Waals surface area contributed by atoms with Crippen LogP contribution < -0.4 is 0 Å². The highest BCUT2D eigenvalue weighted by Gasteiger charge is 2.31. The molecule has 1 aromatic carbocycles. The maximum absolute atomic E-state index is 9.49. The number of aliphatic hydroxyl groups is 1. The van der Waals surface area contributed by atoms with Crippen LogP contribution in [0.15, 0.2) is 33.3 Å². The number of halogens is 1. The fourth-order valence-electron chi connectivity index (χ4n) is 2.82. The van der Waals surface area contributed by atoms with Gasteiger partial charge in [0.25, 0.3) is 0 Å². The van der Waals surface area contributed by atoms with Gasteiger partial charge in [-0.2, -0.15) is 4.98 Å². The fourth-order valence-corrected chi connectivity index (χ4v) is 3.22. The molecule has 1 N–H and O–H groups in total. The van der Waals surface area contributed by atoms with Gasteiger partial charge in [0.05, 0.1) is 13.2 Å². The van der Waals surface area contributed by atoms with Crippen molar-refractivity contribution in [2.24, 2.45) is 5.92 Å². The monoisotopic (exact) mass is 351 g/mol. The predicted octanol–water partition coefficient (Wildman–Crippen LogP) is 2.70. The molecule has 2 atom stereocenters. The van der Waals surface area contributed by atoms with Crippen molar-refractivity contribution in [3.05, 3.63) is 34.6 Å². The van der Waals surface area contributed by atoms with E-state index in [9.17, 15) is 5.11 Å². The van der Waals surface area contributed by atoms with E-state index >= 15 is 0 Å². The summed E-state index contributed by atoms with van der Waals surface area (Å²) in [5, 5.41) is 13.5. The first-order valence-electron chi connectivity index (χ1n) is 7.11. The van der Waals surface area contributed by atoms with Crippen molar-refractivity contribution in [2.45, 2.75) is 25.9 Å². The molecule has 2 aromatic rings. The lowest BCUT2D eigenvalue weighted by Crippen LogP contribution is -2.34. The molecule has 112 valence electrons. The highest BCUT2D eigenvalue weighted by atomic mass is 79.9. The van der Waals surface area contributed by atoms with Crippen LogP contribution in [0, 0.1) is 5.92 Å². The van der Waals surface area contributed by atoms with Gasteiger partial charge >= 0.3 is 0 Å². The van der Waals surface area contributed by atoms with Crippen molar-refractivity contribution in [3.8, 4) is 11.4 Å². The molecule has 5 nitrogen and oxygen atoms in total. The average molecular weight is 352 g/mol. The van der Waals surface area contributed by atoms with Gasteiger partial charge in [-0.05, 0) is 31.0 Å². The lowest BCUT2D eigenvalue weighted by molar-refractivity contribution is 0.123. The van der Waals surface area contributed by atoms with Crippen molar-refractivity contribution in [2.75, 3.05) is 13.2 Å². The van der Waals surface area contributed by atoms with E-state index in [1.54, 1.807) is 0 Å². The Hall–Kier alpha value is -1.24. The summed E-state index contributed by atoms with van der Waals surface area (Å²) in [4.78, 5) is 6.67. The minimum Gasteiger partial charge on any atom is -0.395 e. The van der Waals surface area contributed by atoms with E-state index in [0.29, 0.717) is 24.2 Å². The molecule has 1 aromatic heterocycles. The average Bonchev–Trinajstić information content (AvgIpc) is 3.07. The first-order valence-corrected chi connectivity index (χ1v) is 7.90. The number of hydrogen-bond acceptors (Lipinski definition) is 5. The second-order valence-corrected chi connectivity index (χ2v) is 6.42. The Morgan fingerprint density at radius 1 is 1.48 bits per heavy atom. The van der Waals surface area contributed by atoms with Crippen LogP contribution in [-0.4, -0.2) is 39.3 Å². The summed E-state index contributed by atoms with van der Waals surface area (Å²) in [6.45, 7) is 3.90. The zero-order valence-corrected chi connectivity index (χ0v) is 13.5. The summed E-state index contributed by atoms with van der Waals surface area (Å²) in [5.74, 6) is 1.69. The largest absolute Gasteiger partial charge is 0.395 e. The van der Waals surface area contributed by atoms with E-state index in [2.05, 4.69) is 37.9 Å². The Balaban J connectivity index is 1.74. The highest BCUT2D eigenvalue weighted by Crippen LogP contribution is 2.26. The molecule has 0 aliphatic carbocycles. The van der Waals surface area contributed by atoms with Gasteiger partial charge in [-0.15, -0.1) is 0 Å². The van der Waals surface area contributed by atoms with Crippen LogP contribution in [0.1, 0.15) is 19.2 Å². The second-order valence-electron chi connectivity index (χ2n) is 5.51. The van der Waals surface area contributed by atoms with Crippen LogP contribution in [0.3, 0.4) is 0 Å². The van der Waals surface area contributed by atoms with E-state index in [4.69, 9.17) is 4.52 Å². The van der Waals surface area contributed by atoms with E-state index in [0.717, 1.165) is 23.0 Å². The molecule has 1 fully saturated rings. The molecule has 0 bridgehead atoms. The summed E-state index contributed by atoms with van der Waals surface area (Å²) >= 11 is 3.44. The highest BCUT2D eigenvalue weighted by molar-refractivity contribution is 9.10. The Morgan fingerprint density at radius 2 is 2.33 bits per heavy atom. The minimum absolute atomic E-state index is 0.174. The van der Waals surface area contributed by atoms with Gasteiger partial charge in [0, 0.05) is 16.1 Å². The number of hydrogen-bond donors (Lipinski definition) is 1. The second kappa shape index (κ2) is 6.25. The Bertz CT molecular complexity index is 616. The summed E-state index contributed by atoms with van der Waals surface area (Å²) in [6.07, 6.45) is 1.10. The van der Waals surface area contributed by atoms with Crippen molar-refractivity contribution in [1.29, 1.82) is 0 Å². The van der Waals surface area contributed by atoms with Gasteiger partial charge in [-0.25, -0.2) is 0 Å². The van der Waals surface area contributed by atoms with E-state index in [1.165, 1.54) is 0 Å². The quantitative estimate of drug-likeness (QED) is 0.917. The fraction of sp³-hybridized carbons (Fsp3) is 0.467. The lowest BCUT2D eigenvalue weighted by Gasteiger charge is -2.23. The maximum atomic E-state index is 9.49. The van der Waals surface area contributed by atoms with Gasteiger partial charge in [-0.3, -0.25) is 4.90 Å². The molecule has 3 rings (SSSR count). The Labute approximate surface area is 132 Å². The van der Waals surface area contributed by atoms with Gasteiger partial charge in [0.2, 0.25) is 11.7 Å². The summed E-state index contributed by atoms with van der Waals surface area (Å²) in [6, 6.07) is 8.00. The third-order valence-corrected chi connectivity index (χ3v) is 4.57. The zero-order chi connectivity index (χ0) is 14.8. The molecule has 2 unspecified atom stereocenters. The van der Waals surface area contributed by atoms with Crippen molar-refractivity contribution in [3.63, 3.8) is 0 Å². The molecule has 1 saturated heterocycles. The van der Waals surface area contributed by atoms with Crippen LogP contribution in [0.5, 0.6) is 0 Å². The molecule has 2 heterocycles. The van der Waals surface area contributed by atoms with Crippen molar-refractivity contribution in [1.82, 2.24) is 15.0 Å². The van der Waals surface area contributed by atoms with Gasteiger partial charge in [-0.1, -0.05) is 40.1 Å². The Kier molecular flexibility index (Phi) is 4.37. The molecule has 0 amide bonds. The first-order chi connectivity index (χ1) is 10.2. The minimum atomic E-state index is 0.174. The van der Waals surface area contributed by atoms with Crippen LogP contribution in [0.25, 0.3) is 11.4 Å². The molecule has 0 radical (unpaired) electrons. The number of benzene rings is 1. The number of rotatable bonds is 4. The smallest absolute Gasteiger partial charge is 0.241 e. The Morgan fingerprint density at radius 3 is 3.10 bits per heavy atom. The molecule has 1 aliphatic rings. The van der Waals surface area contributed by atoms with Crippen LogP contribution in [0.4, 0.5) is 0 Å². The first kappa shape index (κ1) is 14.7. The third kappa shape index (κ3) is 3.17. The number of likely N-dealkylation sites (tertiary alicyclic amines) is 1. The number of aliphatic hydroxyl groups excluding tert-OH is 1.